The molecule has 0 aliphatic heterocycles. The molecule has 2 aromatic carbocycles. The average Bonchev–Trinajstić information content (AvgIpc) is 2.51. The Morgan fingerprint density at radius 3 is 2.22 bits per heavy atom. The smallest absolute Gasteiger partial charge is 0.272 e. The molecule has 122 valence electrons. The number of nitro groups is 1. The van der Waals surface area contributed by atoms with E-state index < -0.39 is 4.92 Å². The van der Waals surface area contributed by atoms with Crippen LogP contribution in [0.15, 0.2) is 42.5 Å². The van der Waals surface area contributed by atoms with Crippen LogP contribution in [0.1, 0.15) is 24.5 Å². The molecule has 0 N–H and O–H groups in total. The van der Waals surface area contributed by atoms with Crippen LogP contribution in [0.5, 0.6) is 0 Å². The molecule has 0 heterocycles. The molecule has 0 unspecified atom stereocenters. The van der Waals surface area contributed by atoms with E-state index in [1.165, 1.54) is 17.7 Å². The summed E-state index contributed by atoms with van der Waals surface area (Å²) in [4.78, 5) is 12.6. The number of halogens is 2. The SMILES string of the molecule is CCCN(Cc1ccccc1)Cc1c(Cl)cc([N+](=O)[O-])cc1Cl. The van der Waals surface area contributed by atoms with Crippen LogP contribution < -0.4 is 0 Å². The van der Waals surface area contributed by atoms with Gasteiger partial charge in [0.25, 0.3) is 5.69 Å². The normalized spacial score (nSPS) is 11.0. The second kappa shape index (κ2) is 8.29. The fourth-order valence-electron chi connectivity index (χ4n) is 2.44. The van der Waals surface area contributed by atoms with Crippen molar-refractivity contribution in [2.45, 2.75) is 26.4 Å². The Morgan fingerprint density at radius 2 is 1.70 bits per heavy atom. The first-order chi connectivity index (χ1) is 11.0. The van der Waals surface area contributed by atoms with E-state index in [-0.39, 0.29) is 5.69 Å². The zero-order chi connectivity index (χ0) is 16.8. The van der Waals surface area contributed by atoms with E-state index in [1.54, 1.807) is 0 Å². The second-order valence-corrected chi connectivity index (χ2v) is 6.16. The highest BCUT2D eigenvalue weighted by atomic mass is 35.5. The molecule has 2 aromatic rings. The molecule has 6 heteroatoms. The minimum Gasteiger partial charge on any atom is -0.295 e. The van der Waals surface area contributed by atoms with E-state index in [0.29, 0.717) is 16.6 Å². The molecule has 0 aliphatic carbocycles. The van der Waals surface area contributed by atoms with Crippen molar-refractivity contribution in [1.82, 2.24) is 4.90 Å². The van der Waals surface area contributed by atoms with Gasteiger partial charge in [0.2, 0.25) is 0 Å². The maximum atomic E-state index is 10.9. The van der Waals surface area contributed by atoms with Crippen molar-refractivity contribution in [2.24, 2.45) is 0 Å². The largest absolute Gasteiger partial charge is 0.295 e. The van der Waals surface area contributed by atoms with Gasteiger partial charge >= 0.3 is 0 Å². The van der Waals surface area contributed by atoms with Gasteiger partial charge in [-0.05, 0) is 18.5 Å². The molecule has 0 saturated carbocycles. The number of nitro benzene ring substituents is 1. The summed E-state index contributed by atoms with van der Waals surface area (Å²) in [5, 5.41) is 11.5. The van der Waals surface area contributed by atoms with Crippen LogP contribution in [0.25, 0.3) is 0 Å². The summed E-state index contributed by atoms with van der Waals surface area (Å²) < 4.78 is 0. The van der Waals surface area contributed by atoms with Crippen LogP contribution in [0, 0.1) is 10.1 Å². The Labute approximate surface area is 145 Å². The molecule has 4 nitrogen and oxygen atoms in total. The van der Waals surface area contributed by atoms with Crippen molar-refractivity contribution in [3.8, 4) is 0 Å². The number of non-ortho nitro benzene ring substituents is 1. The Hall–Kier alpha value is -1.62. The molecule has 0 bridgehead atoms. The Bertz CT molecular complexity index is 655. The highest BCUT2D eigenvalue weighted by Gasteiger charge is 2.17. The zero-order valence-corrected chi connectivity index (χ0v) is 14.3. The first-order valence-corrected chi connectivity index (χ1v) is 8.15. The molecule has 0 atom stereocenters. The zero-order valence-electron chi connectivity index (χ0n) is 12.8. The maximum Gasteiger partial charge on any atom is 0.272 e. The van der Waals surface area contributed by atoms with Gasteiger partial charge in [-0.3, -0.25) is 15.0 Å². The summed E-state index contributed by atoms with van der Waals surface area (Å²) in [5.74, 6) is 0. The van der Waals surface area contributed by atoms with Crippen LogP contribution in [-0.4, -0.2) is 16.4 Å². The van der Waals surface area contributed by atoms with Crippen LogP contribution in [0.3, 0.4) is 0 Å². The number of benzene rings is 2. The molecule has 23 heavy (non-hydrogen) atoms. The van der Waals surface area contributed by atoms with Crippen LogP contribution in [-0.2, 0) is 13.1 Å². The number of nitrogens with zero attached hydrogens (tertiary/aromatic N) is 2. The Morgan fingerprint density at radius 1 is 1.09 bits per heavy atom. The molecular formula is C17H18Cl2N2O2. The average molecular weight is 353 g/mol. The highest BCUT2D eigenvalue weighted by Crippen LogP contribution is 2.31. The predicted octanol–water partition coefficient (Wildman–Crippen LogP) is 5.31. The van der Waals surface area contributed by atoms with E-state index in [2.05, 4.69) is 24.0 Å². The first-order valence-electron chi connectivity index (χ1n) is 7.40. The molecule has 0 aromatic heterocycles. The highest BCUT2D eigenvalue weighted by molar-refractivity contribution is 6.36. The molecule has 0 amide bonds. The van der Waals surface area contributed by atoms with E-state index >= 15 is 0 Å². The molecule has 0 saturated heterocycles. The van der Waals surface area contributed by atoms with Crippen molar-refractivity contribution in [3.63, 3.8) is 0 Å². The van der Waals surface area contributed by atoms with Crippen LogP contribution in [0.4, 0.5) is 5.69 Å². The lowest BCUT2D eigenvalue weighted by Gasteiger charge is -2.23. The Balaban J connectivity index is 2.21. The second-order valence-electron chi connectivity index (χ2n) is 5.34. The molecule has 0 aliphatic rings. The van der Waals surface area contributed by atoms with Crippen molar-refractivity contribution >= 4 is 28.9 Å². The summed E-state index contributed by atoms with van der Waals surface area (Å²) in [6.45, 7) is 4.33. The van der Waals surface area contributed by atoms with Gasteiger partial charge in [0.1, 0.15) is 0 Å². The third kappa shape index (κ3) is 4.93. The van der Waals surface area contributed by atoms with E-state index in [9.17, 15) is 10.1 Å². The molecule has 0 radical (unpaired) electrons. The maximum absolute atomic E-state index is 10.9. The fraction of sp³-hybridized carbons (Fsp3) is 0.294. The van der Waals surface area contributed by atoms with E-state index in [4.69, 9.17) is 23.2 Å². The molecule has 0 spiro atoms. The lowest BCUT2D eigenvalue weighted by atomic mass is 10.1. The van der Waals surface area contributed by atoms with Crippen molar-refractivity contribution < 1.29 is 4.92 Å². The van der Waals surface area contributed by atoms with E-state index in [1.807, 2.05) is 18.2 Å². The third-order valence-corrected chi connectivity index (χ3v) is 4.18. The number of hydrogen-bond donors (Lipinski definition) is 0. The summed E-state index contributed by atoms with van der Waals surface area (Å²) in [6.07, 6.45) is 0.995. The summed E-state index contributed by atoms with van der Waals surface area (Å²) >= 11 is 12.4. The van der Waals surface area contributed by atoms with Gasteiger partial charge in [0.15, 0.2) is 0 Å². The molecule has 2 rings (SSSR count). The first kappa shape index (κ1) is 17.7. The minimum atomic E-state index is -0.491. The third-order valence-electron chi connectivity index (χ3n) is 3.51. The van der Waals surface area contributed by atoms with Crippen LogP contribution >= 0.6 is 23.2 Å². The number of hydrogen-bond acceptors (Lipinski definition) is 3. The van der Waals surface area contributed by atoms with Gasteiger partial charge in [-0.2, -0.15) is 0 Å². The van der Waals surface area contributed by atoms with Gasteiger partial charge in [0.05, 0.1) is 15.0 Å². The van der Waals surface area contributed by atoms with Gasteiger partial charge < -0.3 is 0 Å². The van der Waals surface area contributed by atoms with Crippen LogP contribution in [0.2, 0.25) is 10.0 Å². The van der Waals surface area contributed by atoms with Crippen molar-refractivity contribution in [2.75, 3.05) is 6.54 Å². The lowest BCUT2D eigenvalue weighted by Crippen LogP contribution is -2.24. The topological polar surface area (TPSA) is 46.4 Å². The fourth-order valence-corrected chi connectivity index (χ4v) is 3.04. The minimum absolute atomic E-state index is 0.0890. The quantitative estimate of drug-likeness (QED) is 0.500. The van der Waals surface area contributed by atoms with Gasteiger partial charge in [-0.15, -0.1) is 0 Å². The monoisotopic (exact) mass is 352 g/mol. The number of rotatable bonds is 7. The van der Waals surface area contributed by atoms with E-state index in [0.717, 1.165) is 25.1 Å². The molecule has 0 fully saturated rings. The summed E-state index contributed by atoms with van der Waals surface area (Å²) in [6, 6.07) is 12.8. The summed E-state index contributed by atoms with van der Waals surface area (Å²) in [7, 11) is 0. The van der Waals surface area contributed by atoms with Gasteiger partial charge in [-0.25, -0.2) is 0 Å². The summed E-state index contributed by atoms with van der Waals surface area (Å²) in [5.41, 5.74) is 1.84. The Kier molecular flexibility index (Phi) is 6.39. The van der Waals surface area contributed by atoms with Gasteiger partial charge in [0, 0.05) is 30.8 Å². The standard InChI is InChI=1S/C17H18Cl2N2O2/c1-2-8-20(11-13-6-4-3-5-7-13)12-15-16(18)9-14(21(22)23)10-17(15)19/h3-7,9-10H,2,8,11-12H2,1H3. The lowest BCUT2D eigenvalue weighted by molar-refractivity contribution is -0.384. The van der Waals surface area contributed by atoms with Crippen molar-refractivity contribution in [3.05, 3.63) is 73.8 Å². The van der Waals surface area contributed by atoms with Gasteiger partial charge in [-0.1, -0.05) is 60.5 Å². The van der Waals surface area contributed by atoms with Crippen molar-refractivity contribution in [1.29, 1.82) is 0 Å². The molecular weight excluding hydrogens is 335 g/mol. The predicted molar refractivity (Wildman–Crippen MR) is 94.0 cm³/mol.